The SMILES string of the molecule is CC(C)NC1=CCCC=C1Cl. The summed E-state index contributed by atoms with van der Waals surface area (Å²) in [5.74, 6) is 0. The first-order chi connectivity index (χ1) is 5.20. The molecule has 11 heavy (non-hydrogen) atoms. The van der Waals surface area contributed by atoms with Crippen molar-refractivity contribution in [3.63, 3.8) is 0 Å². The van der Waals surface area contributed by atoms with E-state index in [0.29, 0.717) is 6.04 Å². The highest BCUT2D eigenvalue weighted by Crippen LogP contribution is 2.19. The molecule has 1 rings (SSSR count). The number of nitrogens with one attached hydrogen (secondary N) is 1. The van der Waals surface area contributed by atoms with Crippen LogP contribution in [0.2, 0.25) is 0 Å². The molecule has 0 aliphatic heterocycles. The monoisotopic (exact) mass is 171 g/mol. The number of hydrogen-bond acceptors (Lipinski definition) is 1. The van der Waals surface area contributed by atoms with Crippen LogP contribution in [0.5, 0.6) is 0 Å². The van der Waals surface area contributed by atoms with Crippen molar-refractivity contribution in [2.24, 2.45) is 0 Å². The van der Waals surface area contributed by atoms with Gasteiger partial charge in [-0.05, 0) is 26.7 Å². The van der Waals surface area contributed by atoms with E-state index in [2.05, 4.69) is 31.3 Å². The molecule has 0 aromatic carbocycles. The first-order valence-corrected chi connectivity index (χ1v) is 4.40. The Hall–Kier alpha value is -0.430. The first kappa shape index (κ1) is 8.66. The molecule has 0 aromatic heterocycles. The van der Waals surface area contributed by atoms with Gasteiger partial charge in [0.2, 0.25) is 0 Å². The maximum absolute atomic E-state index is 5.96. The van der Waals surface area contributed by atoms with E-state index in [1.54, 1.807) is 0 Å². The molecule has 1 nitrogen and oxygen atoms in total. The van der Waals surface area contributed by atoms with E-state index in [0.717, 1.165) is 23.6 Å². The third-order valence-corrected chi connectivity index (χ3v) is 1.90. The molecule has 0 amide bonds. The van der Waals surface area contributed by atoms with Crippen LogP contribution < -0.4 is 5.32 Å². The summed E-state index contributed by atoms with van der Waals surface area (Å²) in [4.78, 5) is 0. The highest BCUT2D eigenvalue weighted by Gasteiger charge is 2.06. The Balaban J connectivity index is 2.56. The van der Waals surface area contributed by atoms with Gasteiger partial charge in [0.15, 0.2) is 0 Å². The second kappa shape index (κ2) is 3.82. The smallest absolute Gasteiger partial charge is 0.0594 e. The zero-order valence-electron chi connectivity index (χ0n) is 7.02. The second-order valence-corrected chi connectivity index (χ2v) is 3.45. The van der Waals surface area contributed by atoms with E-state index in [1.165, 1.54) is 0 Å². The van der Waals surface area contributed by atoms with E-state index in [9.17, 15) is 0 Å². The Morgan fingerprint density at radius 1 is 1.36 bits per heavy atom. The molecule has 0 saturated heterocycles. The van der Waals surface area contributed by atoms with E-state index in [4.69, 9.17) is 11.6 Å². The van der Waals surface area contributed by atoms with Crippen molar-refractivity contribution in [1.82, 2.24) is 5.32 Å². The molecule has 0 bridgehead atoms. The maximum Gasteiger partial charge on any atom is 0.0594 e. The summed E-state index contributed by atoms with van der Waals surface area (Å²) in [6.07, 6.45) is 6.39. The fourth-order valence-electron chi connectivity index (χ4n) is 1.08. The molecule has 0 saturated carbocycles. The molecule has 0 radical (unpaired) electrons. The highest BCUT2D eigenvalue weighted by molar-refractivity contribution is 6.31. The Morgan fingerprint density at radius 2 is 2.00 bits per heavy atom. The molecule has 62 valence electrons. The lowest BCUT2D eigenvalue weighted by atomic mass is 10.1. The van der Waals surface area contributed by atoms with Crippen LogP contribution >= 0.6 is 11.6 Å². The fourth-order valence-corrected chi connectivity index (χ4v) is 1.32. The van der Waals surface area contributed by atoms with Crippen molar-refractivity contribution in [3.05, 3.63) is 22.9 Å². The molecule has 1 N–H and O–H groups in total. The van der Waals surface area contributed by atoms with E-state index in [-0.39, 0.29) is 0 Å². The average Bonchev–Trinajstić information content (AvgIpc) is 1.93. The summed E-state index contributed by atoms with van der Waals surface area (Å²) in [5, 5.41) is 4.16. The lowest BCUT2D eigenvalue weighted by Crippen LogP contribution is -2.22. The summed E-state index contributed by atoms with van der Waals surface area (Å²) in [7, 11) is 0. The highest BCUT2D eigenvalue weighted by atomic mass is 35.5. The zero-order valence-corrected chi connectivity index (χ0v) is 7.78. The van der Waals surface area contributed by atoms with Crippen LogP contribution in [0.3, 0.4) is 0 Å². The van der Waals surface area contributed by atoms with Crippen molar-refractivity contribution in [2.75, 3.05) is 0 Å². The van der Waals surface area contributed by atoms with Crippen molar-refractivity contribution < 1.29 is 0 Å². The van der Waals surface area contributed by atoms with E-state index in [1.807, 2.05) is 0 Å². The van der Waals surface area contributed by atoms with Crippen molar-refractivity contribution in [3.8, 4) is 0 Å². The molecule has 0 atom stereocenters. The van der Waals surface area contributed by atoms with Gasteiger partial charge < -0.3 is 5.32 Å². The van der Waals surface area contributed by atoms with Gasteiger partial charge >= 0.3 is 0 Å². The minimum Gasteiger partial charge on any atom is -0.382 e. The lowest BCUT2D eigenvalue weighted by Gasteiger charge is -2.16. The lowest BCUT2D eigenvalue weighted by molar-refractivity contribution is 0.672. The molecular formula is C9H14ClN. The summed E-state index contributed by atoms with van der Waals surface area (Å²) >= 11 is 5.96. The Labute approximate surface area is 73.1 Å². The average molecular weight is 172 g/mol. The van der Waals surface area contributed by atoms with Gasteiger partial charge in [0.05, 0.1) is 5.03 Å². The van der Waals surface area contributed by atoms with Crippen LogP contribution in [-0.2, 0) is 0 Å². The van der Waals surface area contributed by atoms with Crippen LogP contribution in [0.4, 0.5) is 0 Å². The van der Waals surface area contributed by atoms with Gasteiger partial charge in [-0.25, -0.2) is 0 Å². The number of allylic oxidation sites excluding steroid dienone is 3. The normalized spacial score (nSPS) is 17.8. The van der Waals surface area contributed by atoms with Crippen molar-refractivity contribution in [1.29, 1.82) is 0 Å². The van der Waals surface area contributed by atoms with Gasteiger partial charge in [0.25, 0.3) is 0 Å². The Morgan fingerprint density at radius 3 is 2.55 bits per heavy atom. The summed E-state index contributed by atoms with van der Waals surface area (Å²) in [6, 6.07) is 0.460. The third-order valence-electron chi connectivity index (χ3n) is 1.54. The summed E-state index contributed by atoms with van der Waals surface area (Å²) in [6.45, 7) is 4.22. The first-order valence-electron chi connectivity index (χ1n) is 4.03. The van der Waals surface area contributed by atoms with E-state index >= 15 is 0 Å². The van der Waals surface area contributed by atoms with Crippen LogP contribution in [0.1, 0.15) is 26.7 Å². The fraction of sp³-hybridized carbons (Fsp3) is 0.556. The topological polar surface area (TPSA) is 12.0 Å². The van der Waals surface area contributed by atoms with Crippen LogP contribution in [0, 0.1) is 0 Å². The number of halogens is 1. The predicted molar refractivity (Wildman–Crippen MR) is 49.5 cm³/mol. The van der Waals surface area contributed by atoms with Gasteiger partial charge in [-0.2, -0.15) is 0 Å². The molecule has 1 aliphatic carbocycles. The quantitative estimate of drug-likeness (QED) is 0.674. The molecule has 0 spiro atoms. The van der Waals surface area contributed by atoms with Crippen LogP contribution in [0.25, 0.3) is 0 Å². The second-order valence-electron chi connectivity index (χ2n) is 3.05. The minimum absolute atomic E-state index is 0.460. The van der Waals surface area contributed by atoms with Gasteiger partial charge in [0, 0.05) is 11.7 Å². The molecule has 0 heterocycles. The van der Waals surface area contributed by atoms with Crippen molar-refractivity contribution >= 4 is 11.6 Å². The number of hydrogen-bond donors (Lipinski definition) is 1. The molecular weight excluding hydrogens is 158 g/mol. The third kappa shape index (κ3) is 2.58. The van der Waals surface area contributed by atoms with Gasteiger partial charge in [0.1, 0.15) is 0 Å². The molecule has 0 aromatic rings. The minimum atomic E-state index is 0.460. The maximum atomic E-state index is 5.96. The Bertz CT molecular complexity index is 192. The van der Waals surface area contributed by atoms with Gasteiger partial charge in [-0.1, -0.05) is 23.8 Å². The number of rotatable bonds is 2. The molecule has 2 heteroatoms. The van der Waals surface area contributed by atoms with Crippen LogP contribution in [-0.4, -0.2) is 6.04 Å². The zero-order chi connectivity index (χ0) is 8.27. The van der Waals surface area contributed by atoms with Gasteiger partial charge in [-0.3, -0.25) is 0 Å². The largest absolute Gasteiger partial charge is 0.382 e. The van der Waals surface area contributed by atoms with Gasteiger partial charge in [-0.15, -0.1) is 0 Å². The summed E-state index contributed by atoms with van der Waals surface area (Å²) < 4.78 is 0. The van der Waals surface area contributed by atoms with Crippen molar-refractivity contribution in [2.45, 2.75) is 32.7 Å². The molecule has 1 aliphatic rings. The Kier molecular flexibility index (Phi) is 3.01. The van der Waals surface area contributed by atoms with E-state index < -0.39 is 0 Å². The standard InChI is InChI=1S/C9H14ClN/c1-7(2)11-9-6-4-3-5-8(9)10/h5-7,11H,3-4H2,1-2H3. The molecule has 0 fully saturated rings. The van der Waals surface area contributed by atoms with Crippen LogP contribution in [0.15, 0.2) is 22.9 Å². The molecule has 0 unspecified atom stereocenters. The predicted octanol–water partition coefficient (Wildman–Crippen LogP) is 2.78. The summed E-state index contributed by atoms with van der Waals surface area (Å²) in [5.41, 5.74) is 1.09.